The van der Waals surface area contributed by atoms with Gasteiger partial charge in [0.1, 0.15) is 22.1 Å². The molecule has 2 aliphatic carbocycles. The van der Waals surface area contributed by atoms with Gasteiger partial charge in [-0.2, -0.15) is 0 Å². The SMILES string of the molecule is COC(=O)C1=CCC[C@H](O)[C@@H]1Oc1cc(OC)c(Cl)c2c1C(=O)[C@@]1(O2)C(OC)=CC(=O)C[C@H]1C. The Bertz CT molecular complexity index is 1120. The fourth-order valence-corrected chi connectivity index (χ4v) is 4.98. The molecule has 0 saturated carbocycles. The van der Waals surface area contributed by atoms with E-state index >= 15 is 0 Å². The number of aliphatic hydroxyl groups excluding tert-OH is 1. The van der Waals surface area contributed by atoms with Gasteiger partial charge in [0.15, 0.2) is 23.4 Å². The van der Waals surface area contributed by atoms with E-state index in [9.17, 15) is 19.5 Å². The molecule has 34 heavy (non-hydrogen) atoms. The summed E-state index contributed by atoms with van der Waals surface area (Å²) in [6.07, 6.45) is 1.64. The molecule has 10 heteroatoms. The van der Waals surface area contributed by atoms with E-state index in [0.717, 1.165) is 0 Å². The molecule has 3 aliphatic rings. The number of allylic oxidation sites excluding steroid dienone is 2. The van der Waals surface area contributed by atoms with Gasteiger partial charge in [0.25, 0.3) is 0 Å². The van der Waals surface area contributed by atoms with Gasteiger partial charge < -0.3 is 28.8 Å². The molecule has 1 aromatic rings. The number of fused-ring (bicyclic) bond motifs is 1. The Labute approximate surface area is 201 Å². The first kappa shape index (κ1) is 24.1. The first-order valence-electron chi connectivity index (χ1n) is 10.8. The predicted octanol–water partition coefficient (Wildman–Crippen LogP) is 2.80. The van der Waals surface area contributed by atoms with E-state index in [-0.39, 0.29) is 51.4 Å². The van der Waals surface area contributed by atoms with Crippen LogP contribution in [0.1, 0.15) is 36.5 Å². The topological polar surface area (TPSA) is 118 Å². The van der Waals surface area contributed by atoms with E-state index in [1.165, 1.54) is 33.5 Å². The number of halogens is 1. The summed E-state index contributed by atoms with van der Waals surface area (Å²) in [6.45, 7) is 1.71. The first-order chi connectivity index (χ1) is 16.2. The molecule has 0 radical (unpaired) electrons. The summed E-state index contributed by atoms with van der Waals surface area (Å²) in [5.41, 5.74) is -1.47. The predicted molar refractivity (Wildman–Crippen MR) is 119 cm³/mol. The average molecular weight is 493 g/mol. The second kappa shape index (κ2) is 8.96. The van der Waals surface area contributed by atoms with Gasteiger partial charge >= 0.3 is 5.97 Å². The van der Waals surface area contributed by atoms with Crippen molar-refractivity contribution >= 4 is 29.1 Å². The number of methoxy groups -OCH3 is 3. The zero-order valence-electron chi connectivity index (χ0n) is 19.2. The molecule has 4 rings (SSSR count). The van der Waals surface area contributed by atoms with Gasteiger partial charge in [0.05, 0.1) is 33.0 Å². The van der Waals surface area contributed by atoms with Crippen LogP contribution in [0, 0.1) is 5.92 Å². The number of rotatable bonds is 5. The smallest absolute Gasteiger partial charge is 0.337 e. The molecule has 1 aromatic carbocycles. The molecule has 1 N–H and O–H groups in total. The lowest BCUT2D eigenvalue weighted by Gasteiger charge is -2.36. The van der Waals surface area contributed by atoms with Crippen LogP contribution < -0.4 is 14.2 Å². The van der Waals surface area contributed by atoms with Crippen molar-refractivity contribution in [2.24, 2.45) is 5.92 Å². The Balaban J connectivity index is 1.86. The number of Topliss-reactive ketones (excluding diaryl/α,β-unsaturated/α-hetero) is 1. The Morgan fingerprint density at radius 2 is 1.94 bits per heavy atom. The molecule has 0 fully saturated rings. The van der Waals surface area contributed by atoms with E-state index in [1.807, 2.05) is 0 Å². The first-order valence-corrected chi connectivity index (χ1v) is 11.1. The van der Waals surface area contributed by atoms with Crippen LogP contribution >= 0.6 is 11.6 Å². The molecule has 9 nitrogen and oxygen atoms in total. The van der Waals surface area contributed by atoms with Crippen molar-refractivity contribution in [2.75, 3.05) is 21.3 Å². The maximum Gasteiger partial charge on any atom is 0.337 e. The number of ketones is 2. The zero-order valence-corrected chi connectivity index (χ0v) is 19.9. The molecule has 1 aliphatic heterocycles. The number of carbonyl (C=O) groups excluding carboxylic acids is 3. The molecule has 0 unspecified atom stereocenters. The van der Waals surface area contributed by atoms with Gasteiger partial charge in [-0.1, -0.05) is 24.6 Å². The van der Waals surface area contributed by atoms with Crippen molar-refractivity contribution in [1.82, 2.24) is 0 Å². The van der Waals surface area contributed by atoms with Gasteiger partial charge in [-0.25, -0.2) is 4.79 Å². The minimum absolute atomic E-state index is 0.0111. The van der Waals surface area contributed by atoms with Gasteiger partial charge in [-0.05, 0) is 12.8 Å². The number of carbonyl (C=O) groups is 3. The number of hydrogen-bond acceptors (Lipinski definition) is 9. The molecule has 1 spiro atoms. The van der Waals surface area contributed by atoms with Crippen molar-refractivity contribution in [2.45, 2.75) is 44.0 Å². The highest BCUT2D eigenvalue weighted by atomic mass is 35.5. The molecule has 4 atom stereocenters. The van der Waals surface area contributed by atoms with Crippen LogP contribution in [0.4, 0.5) is 0 Å². The lowest BCUT2D eigenvalue weighted by atomic mass is 9.75. The summed E-state index contributed by atoms with van der Waals surface area (Å²) in [5.74, 6) is -1.67. The van der Waals surface area contributed by atoms with Crippen LogP contribution in [-0.2, 0) is 19.1 Å². The van der Waals surface area contributed by atoms with Crippen molar-refractivity contribution in [1.29, 1.82) is 0 Å². The molecule has 182 valence electrons. The number of benzene rings is 1. The summed E-state index contributed by atoms with van der Waals surface area (Å²) < 4.78 is 27.9. The summed E-state index contributed by atoms with van der Waals surface area (Å²) in [5, 5.41) is 10.7. The van der Waals surface area contributed by atoms with Crippen molar-refractivity contribution in [3.05, 3.63) is 40.1 Å². The van der Waals surface area contributed by atoms with Crippen LogP contribution in [0.2, 0.25) is 5.02 Å². The van der Waals surface area contributed by atoms with Crippen molar-refractivity contribution in [3.8, 4) is 17.2 Å². The average Bonchev–Trinajstić information content (AvgIpc) is 3.13. The van der Waals surface area contributed by atoms with Crippen LogP contribution in [-0.4, -0.2) is 61.8 Å². The lowest BCUT2D eigenvalue weighted by molar-refractivity contribution is -0.138. The Hall–Kier alpha value is -3.04. The normalized spacial score (nSPS) is 28.0. The standard InChI is InChI=1S/C24H25ClO9/c1-11-8-12(26)9-17(31-3)24(11)22(28)18-15(10-16(30-2)19(25)21(18)34-24)33-20-13(23(29)32-4)6-5-7-14(20)27/h6,9-11,14,20,27H,5,7-8H2,1-4H3/t11-,14+,20-,24+/m1/s1. The van der Waals surface area contributed by atoms with Crippen molar-refractivity contribution in [3.63, 3.8) is 0 Å². The third-order valence-corrected chi connectivity index (χ3v) is 6.79. The quantitative estimate of drug-likeness (QED) is 0.619. The van der Waals surface area contributed by atoms with Gasteiger partial charge in [-0.3, -0.25) is 9.59 Å². The molecule has 0 aromatic heterocycles. The Morgan fingerprint density at radius 1 is 1.21 bits per heavy atom. The second-order valence-corrected chi connectivity index (χ2v) is 8.76. The third-order valence-electron chi connectivity index (χ3n) is 6.44. The summed E-state index contributed by atoms with van der Waals surface area (Å²) in [6, 6.07) is 1.41. The highest BCUT2D eigenvalue weighted by Gasteiger charge is 2.60. The fraction of sp³-hybridized carbons (Fsp3) is 0.458. The fourth-order valence-electron chi connectivity index (χ4n) is 4.71. The zero-order chi connectivity index (χ0) is 24.8. The Morgan fingerprint density at radius 3 is 2.59 bits per heavy atom. The molecule has 0 bridgehead atoms. The number of aliphatic hydroxyl groups is 1. The monoisotopic (exact) mass is 492 g/mol. The third kappa shape index (κ3) is 3.54. The molecule has 1 heterocycles. The molecular weight excluding hydrogens is 468 g/mol. The molecular formula is C24H25ClO9. The maximum atomic E-state index is 13.9. The number of esters is 1. The van der Waals surface area contributed by atoms with Crippen molar-refractivity contribution < 1.29 is 43.2 Å². The lowest BCUT2D eigenvalue weighted by Crippen LogP contribution is -2.51. The summed E-state index contributed by atoms with van der Waals surface area (Å²) in [4.78, 5) is 38.4. The highest BCUT2D eigenvalue weighted by molar-refractivity contribution is 6.35. The summed E-state index contributed by atoms with van der Waals surface area (Å²) >= 11 is 6.51. The van der Waals surface area contributed by atoms with E-state index in [1.54, 1.807) is 13.0 Å². The maximum absolute atomic E-state index is 13.9. The molecule has 0 amide bonds. The Kier molecular flexibility index (Phi) is 6.35. The minimum Gasteiger partial charge on any atom is -0.496 e. The second-order valence-electron chi connectivity index (χ2n) is 8.38. The van der Waals surface area contributed by atoms with Crippen LogP contribution in [0.25, 0.3) is 0 Å². The number of ether oxygens (including phenoxy) is 5. The molecule has 0 saturated heterocycles. The van der Waals surface area contributed by atoms with Gasteiger partial charge in [0.2, 0.25) is 11.4 Å². The number of hydrogen-bond donors (Lipinski definition) is 1. The van der Waals surface area contributed by atoms with Gasteiger partial charge in [-0.15, -0.1) is 0 Å². The van der Waals surface area contributed by atoms with Gasteiger partial charge in [0, 0.05) is 24.5 Å². The van der Waals surface area contributed by atoms with E-state index in [4.69, 9.17) is 35.3 Å². The van der Waals surface area contributed by atoms with E-state index < -0.39 is 35.5 Å². The van der Waals surface area contributed by atoms with E-state index in [2.05, 4.69) is 0 Å². The highest BCUT2D eigenvalue weighted by Crippen LogP contribution is 2.54. The van der Waals surface area contributed by atoms with Crippen LogP contribution in [0.3, 0.4) is 0 Å². The largest absolute Gasteiger partial charge is 0.496 e. The van der Waals surface area contributed by atoms with Crippen LogP contribution in [0.5, 0.6) is 17.2 Å². The van der Waals surface area contributed by atoms with Crippen LogP contribution in [0.15, 0.2) is 29.6 Å². The minimum atomic E-state index is -1.62. The summed E-state index contributed by atoms with van der Waals surface area (Å²) in [7, 11) is 3.97. The van der Waals surface area contributed by atoms with E-state index in [0.29, 0.717) is 12.8 Å².